The van der Waals surface area contributed by atoms with E-state index in [2.05, 4.69) is 28.9 Å². The summed E-state index contributed by atoms with van der Waals surface area (Å²) in [6, 6.07) is 2.21. The molecule has 0 bridgehead atoms. The van der Waals surface area contributed by atoms with Crippen LogP contribution in [0.2, 0.25) is 0 Å². The van der Waals surface area contributed by atoms with Crippen molar-refractivity contribution in [1.29, 1.82) is 0 Å². The lowest BCUT2D eigenvalue weighted by atomic mass is 10.1. The van der Waals surface area contributed by atoms with E-state index in [1.54, 1.807) is 0 Å². The van der Waals surface area contributed by atoms with Crippen LogP contribution in [-0.2, 0) is 6.42 Å². The van der Waals surface area contributed by atoms with Gasteiger partial charge in [-0.3, -0.25) is 4.79 Å². The number of aldehydes is 1. The van der Waals surface area contributed by atoms with Crippen LogP contribution in [0.25, 0.3) is 10.1 Å². The summed E-state index contributed by atoms with van der Waals surface area (Å²) in [5.41, 5.74) is 0. The van der Waals surface area contributed by atoms with Gasteiger partial charge in [-0.05, 0) is 34.8 Å². The highest BCUT2D eigenvalue weighted by Crippen LogP contribution is 2.40. The van der Waals surface area contributed by atoms with Gasteiger partial charge in [-0.2, -0.15) is 0 Å². The molecule has 2 rings (SSSR count). The Labute approximate surface area is 131 Å². The van der Waals surface area contributed by atoms with Crippen LogP contribution >= 0.6 is 38.6 Å². The van der Waals surface area contributed by atoms with Gasteiger partial charge in [0.2, 0.25) is 0 Å². The number of rotatable bonds is 8. The average Bonchev–Trinajstić information content (AvgIpc) is 2.94. The number of carbonyl (C=O) groups excluding carboxylic acids is 1. The Kier molecular flexibility index (Phi) is 6.05. The molecule has 0 spiro atoms. The number of fused-ring (bicyclic) bond motifs is 1. The Morgan fingerprint density at radius 3 is 2.63 bits per heavy atom. The summed E-state index contributed by atoms with van der Waals surface area (Å²) >= 11 is 6.92. The van der Waals surface area contributed by atoms with Crippen LogP contribution < -0.4 is 0 Å². The zero-order valence-corrected chi connectivity index (χ0v) is 14.4. The fourth-order valence-electron chi connectivity index (χ4n) is 2.26. The Bertz CT molecular complexity index is 542. The number of halogens is 1. The molecular weight excluding hydrogens is 340 g/mol. The zero-order chi connectivity index (χ0) is 13.7. The van der Waals surface area contributed by atoms with E-state index in [0.717, 1.165) is 26.8 Å². The molecule has 0 aliphatic heterocycles. The molecule has 2 aromatic heterocycles. The molecule has 0 aliphatic rings. The Morgan fingerprint density at radius 1 is 1.16 bits per heavy atom. The summed E-state index contributed by atoms with van der Waals surface area (Å²) in [6.07, 6.45) is 10.1. The number of hydrogen-bond donors (Lipinski definition) is 0. The highest BCUT2D eigenvalue weighted by Gasteiger charge is 2.12. The molecule has 2 heterocycles. The fraction of sp³-hybridized carbons (Fsp3) is 0.533. The van der Waals surface area contributed by atoms with E-state index >= 15 is 0 Å². The molecule has 0 amide bonds. The number of hydrogen-bond acceptors (Lipinski definition) is 3. The first-order valence-electron chi connectivity index (χ1n) is 6.92. The molecule has 0 unspecified atom stereocenters. The van der Waals surface area contributed by atoms with E-state index in [1.165, 1.54) is 59.4 Å². The lowest BCUT2D eigenvalue weighted by Gasteiger charge is -1.99. The molecule has 0 aliphatic carbocycles. The molecule has 0 aromatic carbocycles. The third-order valence-corrected chi connectivity index (χ3v) is 6.72. The lowest BCUT2D eigenvalue weighted by molar-refractivity contribution is 0.112. The Morgan fingerprint density at radius 2 is 1.89 bits per heavy atom. The van der Waals surface area contributed by atoms with Gasteiger partial charge in [0.25, 0.3) is 0 Å². The highest BCUT2D eigenvalue weighted by atomic mass is 79.9. The van der Waals surface area contributed by atoms with Crippen LogP contribution in [0, 0.1) is 0 Å². The minimum atomic E-state index is 0.854. The average molecular weight is 359 g/mol. The van der Waals surface area contributed by atoms with E-state index in [4.69, 9.17) is 0 Å². The van der Waals surface area contributed by atoms with Crippen molar-refractivity contribution in [3.05, 3.63) is 19.6 Å². The molecule has 2 aromatic rings. The van der Waals surface area contributed by atoms with Crippen molar-refractivity contribution in [2.75, 3.05) is 0 Å². The van der Waals surface area contributed by atoms with Crippen molar-refractivity contribution in [3.8, 4) is 0 Å². The topological polar surface area (TPSA) is 17.1 Å². The maximum Gasteiger partial charge on any atom is 0.160 e. The first-order chi connectivity index (χ1) is 9.26. The molecule has 0 fully saturated rings. The van der Waals surface area contributed by atoms with Gasteiger partial charge in [-0.15, -0.1) is 22.7 Å². The van der Waals surface area contributed by atoms with Crippen LogP contribution in [0.15, 0.2) is 9.85 Å². The van der Waals surface area contributed by atoms with E-state index in [0.29, 0.717) is 0 Å². The summed E-state index contributed by atoms with van der Waals surface area (Å²) in [5, 5.41) is 1.14. The van der Waals surface area contributed by atoms with Crippen molar-refractivity contribution in [3.63, 3.8) is 0 Å². The second kappa shape index (κ2) is 7.55. The van der Waals surface area contributed by atoms with E-state index in [-0.39, 0.29) is 0 Å². The van der Waals surface area contributed by atoms with Gasteiger partial charge < -0.3 is 0 Å². The molecular formula is C15H19BrOS2. The molecule has 0 saturated carbocycles. The van der Waals surface area contributed by atoms with Crippen LogP contribution in [0.5, 0.6) is 0 Å². The zero-order valence-electron chi connectivity index (χ0n) is 11.2. The minimum Gasteiger partial charge on any atom is -0.297 e. The lowest BCUT2D eigenvalue weighted by Crippen LogP contribution is -1.82. The quantitative estimate of drug-likeness (QED) is 0.391. The summed E-state index contributed by atoms with van der Waals surface area (Å²) < 4.78 is 2.34. The van der Waals surface area contributed by atoms with Crippen LogP contribution in [0.4, 0.5) is 0 Å². The molecule has 0 atom stereocenters. The van der Waals surface area contributed by atoms with Gasteiger partial charge >= 0.3 is 0 Å². The summed E-state index contributed by atoms with van der Waals surface area (Å²) in [6.45, 7) is 2.25. The summed E-state index contributed by atoms with van der Waals surface area (Å²) in [7, 11) is 0. The predicted octanol–water partition coefficient (Wildman–Crippen LogP) is 6.44. The van der Waals surface area contributed by atoms with Crippen molar-refractivity contribution in [2.45, 2.75) is 51.9 Å². The molecule has 0 saturated heterocycles. The van der Waals surface area contributed by atoms with Crippen molar-refractivity contribution in [1.82, 2.24) is 0 Å². The predicted molar refractivity (Wildman–Crippen MR) is 89.9 cm³/mol. The molecule has 4 heteroatoms. The van der Waals surface area contributed by atoms with Gasteiger partial charge in [0.05, 0.1) is 13.4 Å². The maximum atomic E-state index is 11.0. The largest absolute Gasteiger partial charge is 0.297 e. The second-order valence-electron chi connectivity index (χ2n) is 4.83. The third-order valence-electron chi connectivity index (χ3n) is 3.31. The number of unbranched alkanes of at least 4 members (excludes halogenated alkanes) is 5. The second-order valence-corrected chi connectivity index (χ2v) is 8.34. The van der Waals surface area contributed by atoms with Gasteiger partial charge in [0.15, 0.2) is 6.29 Å². The van der Waals surface area contributed by atoms with E-state index in [9.17, 15) is 4.79 Å². The van der Waals surface area contributed by atoms with Gasteiger partial charge in [0, 0.05) is 10.3 Å². The van der Waals surface area contributed by atoms with Crippen molar-refractivity contribution < 1.29 is 4.79 Å². The van der Waals surface area contributed by atoms with Crippen LogP contribution in [0.3, 0.4) is 0 Å². The SMILES string of the molecule is CCCCCCCCc1cc2c(C=O)sc(Br)c2s1. The number of thiophene rings is 2. The molecule has 104 valence electrons. The van der Waals surface area contributed by atoms with E-state index < -0.39 is 0 Å². The normalized spacial score (nSPS) is 11.3. The Hall–Kier alpha value is -0.190. The molecule has 19 heavy (non-hydrogen) atoms. The smallest absolute Gasteiger partial charge is 0.160 e. The monoisotopic (exact) mass is 358 g/mol. The number of aryl methyl sites for hydroxylation is 1. The van der Waals surface area contributed by atoms with Gasteiger partial charge in [-0.1, -0.05) is 39.0 Å². The maximum absolute atomic E-state index is 11.0. The molecule has 0 N–H and O–H groups in total. The summed E-state index contributed by atoms with van der Waals surface area (Å²) in [5.74, 6) is 0. The third kappa shape index (κ3) is 3.89. The van der Waals surface area contributed by atoms with Crippen LogP contribution in [-0.4, -0.2) is 6.29 Å². The fourth-order valence-corrected chi connectivity index (χ4v) is 5.31. The van der Waals surface area contributed by atoms with Crippen molar-refractivity contribution in [2.24, 2.45) is 0 Å². The molecule has 0 radical (unpaired) electrons. The molecule has 1 nitrogen and oxygen atoms in total. The number of carbonyl (C=O) groups is 1. The summed E-state index contributed by atoms with van der Waals surface area (Å²) in [4.78, 5) is 13.3. The Balaban J connectivity index is 1.89. The highest BCUT2D eigenvalue weighted by molar-refractivity contribution is 9.11. The van der Waals surface area contributed by atoms with Crippen molar-refractivity contribution >= 4 is 55.0 Å². The van der Waals surface area contributed by atoms with Crippen LogP contribution in [0.1, 0.15) is 60.0 Å². The first-order valence-corrected chi connectivity index (χ1v) is 9.34. The van der Waals surface area contributed by atoms with Gasteiger partial charge in [0.1, 0.15) is 0 Å². The first kappa shape index (κ1) is 15.2. The minimum absolute atomic E-state index is 0.854. The van der Waals surface area contributed by atoms with Gasteiger partial charge in [-0.25, -0.2) is 0 Å². The van der Waals surface area contributed by atoms with E-state index in [1.807, 2.05) is 11.3 Å². The standard InChI is InChI=1S/C15H19BrOS2/c1-2-3-4-5-6-7-8-11-9-12-13(10-17)19-15(16)14(12)18-11/h9-10H,2-8H2,1H3.